The Labute approximate surface area is 129 Å². The van der Waals surface area contributed by atoms with Gasteiger partial charge in [-0.15, -0.1) is 0 Å². The van der Waals surface area contributed by atoms with E-state index in [0.29, 0.717) is 17.7 Å². The maximum Gasteiger partial charge on any atom is 0.222 e. The second kappa shape index (κ2) is 5.51. The van der Waals surface area contributed by atoms with Gasteiger partial charge in [0.15, 0.2) is 0 Å². The van der Waals surface area contributed by atoms with Crippen LogP contribution < -0.4 is 0 Å². The van der Waals surface area contributed by atoms with Crippen molar-refractivity contribution in [3.63, 3.8) is 0 Å². The van der Waals surface area contributed by atoms with Crippen LogP contribution in [0.3, 0.4) is 0 Å². The van der Waals surface area contributed by atoms with E-state index in [0.717, 1.165) is 24.0 Å². The molecule has 0 N–H and O–H groups in total. The van der Waals surface area contributed by atoms with E-state index in [1.807, 2.05) is 0 Å². The number of aryl methyl sites for hydroxylation is 2. The molecule has 2 aliphatic rings. The highest BCUT2D eigenvalue weighted by molar-refractivity contribution is 9.10. The summed E-state index contributed by atoms with van der Waals surface area (Å²) in [6.45, 7) is 4.08. The summed E-state index contributed by atoms with van der Waals surface area (Å²) < 4.78 is 1.10. The molecular formula is C17H22BrNO. The minimum absolute atomic E-state index is 0.333. The van der Waals surface area contributed by atoms with E-state index in [9.17, 15) is 4.79 Å². The largest absolute Gasteiger partial charge is 0.343 e. The molecule has 0 aromatic heterocycles. The number of rotatable bonds is 3. The fraction of sp³-hybridized carbons (Fsp3) is 0.588. The Morgan fingerprint density at radius 1 is 1.25 bits per heavy atom. The van der Waals surface area contributed by atoms with Gasteiger partial charge in [-0.05, 0) is 67.7 Å². The Kier molecular flexibility index (Phi) is 3.89. The number of nitrogens with zero attached hydrogens (tertiary/aromatic N) is 1. The third-order valence-electron chi connectivity index (χ3n) is 5.05. The van der Waals surface area contributed by atoms with E-state index in [4.69, 9.17) is 0 Å². The van der Waals surface area contributed by atoms with Gasteiger partial charge in [0.25, 0.3) is 0 Å². The second-order valence-corrected chi connectivity index (χ2v) is 7.37. The van der Waals surface area contributed by atoms with E-state index in [1.165, 1.54) is 36.8 Å². The van der Waals surface area contributed by atoms with Gasteiger partial charge >= 0.3 is 0 Å². The van der Waals surface area contributed by atoms with Crippen LogP contribution in [0.25, 0.3) is 0 Å². The third kappa shape index (κ3) is 3.08. The summed E-state index contributed by atoms with van der Waals surface area (Å²) in [5, 5.41) is 0. The number of amides is 1. The molecule has 1 amide bonds. The molecule has 1 spiro atoms. The van der Waals surface area contributed by atoms with Crippen molar-refractivity contribution in [1.29, 1.82) is 0 Å². The summed E-state index contributed by atoms with van der Waals surface area (Å²) in [5.41, 5.74) is 3.21. The number of benzene rings is 1. The van der Waals surface area contributed by atoms with Gasteiger partial charge in [-0.3, -0.25) is 4.79 Å². The normalized spacial score (nSPS) is 20.2. The first-order chi connectivity index (χ1) is 9.58. The Hall–Kier alpha value is -0.830. The fourth-order valence-electron chi connectivity index (χ4n) is 3.22. The van der Waals surface area contributed by atoms with Gasteiger partial charge in [0.05, 0.1) is 0 Å². The lowest BCUT2D eigenvalue weighted by Crippen LogP contribution is -2.39. The van der Waals surface area contributed by atoms with Crippen LogP contribution >= 0.6 is 15.9 Å². The number of piperidine rings is 1. The molecule has 1 aromatic carbocycles. The van der Waals surface area contributed by atoms with Crippen LogP contribution in [0.15, 0.2) is 22.7 Å². The Bertz CT molecular complexity index is 512. The Morgan fingerprint density at radius 3 is 2.60 bits per heavy atom. The topological polar surface area (TPSA) is 20.3 Å². The van der Waals surface area contributed by atoms with E-state index in [1.54, 1.807) is 0 Å². The zero-order chi connectivity index (χ0) is 14.2. The first-order valence-corrected chi connectivity index (χ1v) is 8.40. The molecule has 1 aliphatic carbocycles. The van der Waals surface area contributed by atoms with Crippen LogP contribution in [0.1, 0.15) is 43.2 Å². The summed E-state index contributed by atoms with van der Waals surface area (Å²) in [6, 6.07) is 6.31. The molecule has 0 bridgehead atoms. The molecule has 1 aromatic rings. The average Bonchev–Trinajstić information content (AvgIpc) is 3.20. The minimum atomic E-state index is 0.333. The fourth-order valence-corrected chi connectivity index (χ4v) is 3.62. The van der Waals surface area contributed by atoms with Gasteiger partial charge in [0.1, 0.15) is 0 Å². The summed E-state index contributed by atoms with van der Waals surface area (Å²) in [7, 11) is 0. The van der Waals surface area contributed by atoms with Gasteiger partial charge in [-0.25, -0.2) is 0 Å². The molecule has 1 saturated heterocycles. The minimum Gasteiger partial charge on any atom is -0.343 e. The quantitative estimate of drug-likeness (QED) is 0.814. The van der Waals surface area contributed by atoms with Gasteiger partial charge < -0.3 is 4.90 Å². The summed E-state index contributed by atoms with van der Waals surface area (Å²) in [6.07, 6.45) is 6.75. The number of hydrogen-bond donors (Lipinski definition) is 0. The first kappa shape index (κ1) is 14.1. The molecule has 3 heteroatoms. The Balaban J connectivity index is 1.53. The number of carbonyl (C=O) groups is 1. The highest BCUT2D eigenvalue weighted by atomic mass is 79.9. The molecule has 108 valence electrons. The van der Waals surface area contributed by atoms with Crippen molar-refractivity contribution in [2.24, 2.45) is 5.41 Å². The van der Waals surface area contributed by atoms with Crippen LogP contribution in [0.5, 0.6) is 0 Å². The van der Waals surface area contributed by atoms with Crippen molar-refractivity contribution in [3.8, 4) is 0 Å². The standard InChI is InChI=1S/C17H22BrNO/c1-13-2-4-15(18)12-14(13)3-5-16(20)19-10-8-17(6-7-17)9-11-19/h2,4,12H,3,5-11H2,1H3. The second-order valence-electron chi connectivity index (χ2n) is 6.45. The molecule has 2 nitrogen and oxygen atoms in total. The molecule has 1 aliphatic heterocycles. The molecule has 0 atom stereocenters. The predicted octanol–water partition coefficient (Wildman–Crippen LogP) is 4.09. The molecular weight excluding hydrogens is 314 g/mol. The maximum atomic E-state index is 12.3. The zero-order valence-corrected chi connectivity index (χ0v) is 13.7. The molecule has 3 rings (SSSR count). The third-order valence-corrected chi connectivity index (χ3v) is 5.55. The van der Waals surface area contributed by atoms with Crippen molar-refractivity contribution in [2.45, 2.75) is 45.4 Å². The summed E-state index contributed by atoms with van der Waals surface area (Å²) in [4.78, 5) is 14.4. The number of halogens is 1. The van der Waals surface area contributed by atoms with Gasteiger partial charge in [-0.1, -0.05) is 22.0 Å². The highest BCUT2D eigenvalue weighted by Gasteiger charge is 2.44. The SMILES string of the molecule is Cc1ccc(Br)cc1CCC(=O)N1CCC2(CC1)CC2. The lowest BCUT2D eigenvalue weighted by Gasteiger charge is -2.32. The van der Waals surface area contributed by atoms with Crippen LogP contribution in [0.4, 0.5) is 0 Å². The zero-order valence-electron chi connectivity index (χ0n) is 12.1. The van der Waals surface area contributed by atoms with E-state index in [-0.39, 0.29) is 0 Å². The number of likely N-dealkylation sites (tertiary alicyclic amines) is 1. The van der Waals surface area contributed by atoms with Crippen LogP contribution in [0, 0.1) is 12.3 Å². The monoisotopic (exact) mass is 335 g/mol. The van der Waals surface area contributed by atoms with Crippen LogP contribution in [-0.4, -0.2) is 23.9 Å². The van der Waals surface area contributed by atoms with Gasteiger partial charge in [0.2, 0.25) is 5.91 Å². The van der Waals surface area contributed by atoms with Crippen LogP contribution in [0.2, 0.25) is 0 Å². The van der Waals surface area contributed by atoms with E-state index < -0.39 is 0 Å². The molecule has 0 unspecified atom stereocenters. The Morgan fingerprint density at radius 2 is 1.95 bits per heavy atom. The number of carbonyl (C=O) groups excluding carboxylic acids is 1. The van der Waals surface area contributed by atoms with Gasteiger partial charge in [-0.2, -0.15) is 0 Å². The maximum absolute atomic E-state index is 12.3. The van der Waals surface area contributed by atoms with Crippen molar-refractivity contribution in [2.75, 3.05) is 13.1 Å². The first-order valence-electron chi connectivity index (χ1n) is 7.61. The molecule has 20 heavy (non-hydrogen) atoms. The number of hydrogen-bond acceptors (Lipinski definition) is 1. The van der Waals surface area contributed by atoms with Crippen LogP contribution in [-0.2, 0) is 11.2 Å². The predicted molar refractivity (Wildman–Crippen MR) is 84.7 cm³/mol. The lowest BCUT2D eigenvalue weighted by molar-refractivity contribution is -0.132. The average molecular weight is 336 g/mol. The van der Waals surface area contributed by atoms with E-state index in [2.05, 4.69) is 46.0 Å². The smallest absolute Gasteiger partial charge is 0.222 e. The molecule has 1 heterocycles. The highest BCUT2D eigenvalue weighted by Crippen LogP contribution is 2.53. The van der Waals surface area contributed by atoms with Gasteiger partial charge in [0, 0.05) is 24.0 Å². The summed E-state index contributed by atoms with van der Waals surface area (Å²) >= 11 is 3.50. The lowest BCUT2D eigenvalue weighted by atomic mass is 9.93. The van der Waals surface area contributed by atoms with E-state index >= 15 is 0 Å². The van der Waals surface area contributed by atoms with Crippen molar-refractivity contribution in [3.05, 3.63) is 33.8 Å². The van der Waals surface area contributed by atoms with Crippen molar-refractivity contribution < 1.29 is 4.79 Å². The van der Waals surface area contributed by atoms with Crippen molar-refractivity contribution >= 4 is 21.8 Å². The molecule has 2 fully saturated rings. The van der Waals surface area contributed by atoms with Crippen molar-refractivity contribution in [1.82, 2.24) is 4.90 Å². The summed E-state index contributed by atoms with van der Waals surface area (Å²) in [5.74, 6) is 0.333. The molecule has 0 radical (unpaired) electrons. The molecule has 1 saturated carbocycles.